The van der Waals surface area contributed by atoms with Gasteiger partial charge in [-0.1, -0.05) is 42.1 Å². The van der Waals surface area contributed by atoms with Crippen molar-refractivity contribution >= 4 is 17.7 Å². The number of aromatic nitrogens is 3. The molecule has 6 nitrogen and oxygen atoms in total. The summed E-state index contributed by atoms with van der Waals surface area (Å²) >= 11 is 1.46. The van der Waals surface area contributed by atoms with E-state index in [0.717, 1.165) is 37.3 Å². The van der Waals surface area contributed by atoms with E-state index in [1.807, 2.05) is 51.9 Å². The first-order valence-electron chi connectivity index (χ1n) is 9.22. The number of thioether (sulfide) groups is 1. The Labute approximate surface area is 162 Å². The van der Waals surface area contributed by atoms with Gasteiger partial charge in [0, 0.05) is 13.1 Å². The van der Waals surface area contributed by atoms with Gasteiger partial charge in [0.2, 0.25) is 5.91 Å². The quantitative estimate of drug-likeness (QED) is 0.607. The fourth-order valence-corrected chi connectivity index (χ4v) is 4.38. The van der Waals surface area contributed by atoms with E-state index in [-0.39, 0.29) is 11.2 Å². The second kappa shape index (κ2) is 8.43. The van der Waals surface area contributed by atoms with Crippen LogP contribution < -0.4 is 0 Å². The summed E-state index contributed by atoms with van der Waals surface area (Å²) in [6.07, 6.45) is 6.68. The Balaban J connectivity index is 1.58. The lowest BCUT2D eigenvalue weighted by molar-refractivity contribution is -0.131. The Kier molecular flexibility index (Phi) is 5.58. The summed E-state index contributed by atoms with van der Waals surface area (Å²) in [5.74, 6) is 0.980. The number of benzene rings is 1. The van der Waals surface area contributed by atoms with Crippen molar-refractivity contribution in [1.82, 2.24) is 19.7 Å². The average Bonchev–Trinajstić information content (AvgIpc) is 3.39. The summed E-state index contributed by atoms with van der Waals surface area (Å²) in [5.41, 5.74) is 0.991. The summed E-state index contributed by atoms with van der Waals surface area (Å²) in [5, 5.41) is 8.68. The maximum Gasteiger partial charge on any atom is 0.240 e. The molecule has 0 spiro atoms. The van der Waals surface area contributed by atoms with Gasteiger partial charge in [0.15, 0.2) is 5.16 Å². The maximum atomic E-state index is 13.3. The molecule has 3 heterocycles. The van der Waals surface area contributed by atoms with E-state index in [1.165, 1.54) is 18.2 Å². The van der Waals surface area contributed by atoms with Gasteiger partial charge in [-0.3, -0.25) is 4.79 Å². The van der Waals surface area contributed by atoms with E-state index in [1.54, 1.807) is 12.6 Å². The van der Waals surface area contributed by atoms with Crippen molar-refractivity contribution in [2.24, 2.45) is 0 Å². The minimum absolute atomic E-state index is 0.151. The van der Waals surface area contributed by atoms with E-state index in [0.29, 0.717) is 11.7 Å². The highest BCUT2D eigenvalue weighted by Crippen LogP contribution is 2.36. The van der Waals surface area contributed by atoms with Crippen LogP contribution in [-0.2, 0) is 11.3 Å². The first kappa shape index (κ1) is 17.9. The second-order valence-corrected chi connectivity index (χ2v) is 7.69. The summed E-state index contributed by atoms with van der Waals surface area (Å²) in [6.45, 7) is 2.21. The van der Waals surface area contributed by atoms with Gasteiger partial charge in [-0.2, -0.15) is 0 Å². The maximum absolute atomic E-state index is 13.3. The van der Waals surface area contributed by atoms with Gasteiger partial charge >= 0.3 is 0 Å². The lowest BCUT2D eigenvalue weighted by Crippen LogP contribution is -2.38. The Bertz CT molecular complexity index is 857. The zero-order chi connectivity index (χ0) is 18.5. The molecule has 0 N–H and O–H groups in total. The molecule has 1 fully saturated rings. The molecule has 0 aliphatic carbocycles. The van der Waals surface area contributed by atoms with Gasteiger partial charge in [0.25, 0.3) is 0 Å². The van der Waals surface area contributed by atoms with Crippen molar-refractivity contribution in [3.05, 3.63) is 66.4 Å². The molecule has 0 radical (unpaired) electrons. The van der Waals surface area contributed by atoms with Crippen LogP contribution in [0.15, 0.2) is 64.6 Å². The molecule has 1 saturated heterocycles. The lowest BCUT2D eigenvalue weighted by Gasteiger charge is -2.30. The van der Waals surface area contributed by atoms with Crippen molar-refractivity contribution in [2.45, 2.75) is 36.2 Å². The normalized spacial score (nSPS) is 15.6. The summed E-state index contributed by atoms with van der Waals surface area (Å²) in [6, 6.07) is 13.7. The molecule has 1 aromatic carbocycles. The molecule has 2 aromatic heterocycles. The predicted octanol–water partition coefficient (Wildman–Crippen LogP) is 3.77. The summed E-state index contributed by atoms with van der Waals surface area (Å²) < 4.78 is 7.35. The molecule has 1 aliphatic rings. The van der Waals surface area contributed by atoms with Gasteiger partial charge in [0.1, 0.15) is 17.3 Å². The monoisotopic (exact) mass is 382 g/mol. The van der Waals surface area contributed by atoms with Crippen molar-refractivity contribution in [3.8, 4) is 0 Å². The number of rotatable bonds is 6. The molecule has 0 bridgehead atoms. The Morgan fingerprint density at radius 3 is 2.67 bits per heavy atom. The molecule has 0 unspecified atom stereocenters. The van der Waals surface area contributed by atoms with E-state index >= 15 is 0 Å². The van der Waals surface area contributed by atoms with Crippen molar-refractivity contribution in [3.63, 3.8) is 0 Å². The molecular formula is C20H22N4O2S. The van der Waals surface area contributed by atoms with Crippen LogP contribution in [0.5, 0.6) is 0 Å². The number of piperidine rings is 1. The highest BCUT2D eigenvalue weighted by atomic mass is 32.2. The smallest absolute Gasteiger partial charge is 0.240 e. The first-order valence-corrected chi connectivity index (χ1v) is 10.1. The lowest BCUT2D eigenvalue weighted by atomic mass is 10.1. The molecule has 7 heteroatoms. The number of amides is 1. The number of nitrogens with zero attached hydrogens (tertiary/aromatic N) is 4. The number of carbonyl (C=O) groups excluding carboxylic acids is 1. The van der Waals surface area contributed by atoms with Crippen LogP contribution >= 0.6 is 11.8 Å². The second-order valence-electron chi connectivity index (χ2n) is 6.62. The Morgan fingerprint density at radius 2 is 1.93 bits per heavy atom. The van der Waals surface area contributed by atoms with Crippen LogP contribution in [-0.4, -0.2) is 38.7 Å². The Morgan fingerprint density at radius 1 is 1.11 bits per heavy atom. The third-order valence-corrected chi connectivity index (χ3v) is 5.94. The highest BCUT2D eigenvalue weighted by molar-refractivity contribution is 8.00. The van der Waals surface area contributed by atoms with Crippen LogP contribution in [0.25, 0.3) is 0 Å². The summed E-state index contributed by atoms with van der Waals surface area (Å²) in [7, 11) is 0. The molecule has 1 amide bonds. The van der Waals surface area contributed by atoms with E-state index in [9.17, 15) is 4.79 Å². The van der Waals surface area contributed by atoms with E-state index in [4.69, 9.17) is 4.42 Å². The molecule has 3 aromatic rings. The Hall–Kier alpha value is -2.54. The third kappa shape index (κ3) is 4.24. The van der Waals surface area contributed by atoms with Crippen molar-refractivity contribution < 1.29 is 9.21 Å². The number of likely N-dealkylation sites (tertiary alicyclic amines) is 1. The largest absolute Gasteiger partial charge is 0.467 e. The minimum atomic E-state index is -0.330. The fraction of sp³-hybridized carbons (Fsp3) is 0.350. The molecule has 0 saturated carbocycles. The molecule has 27 heavy (non-hydrogen) atoms. The zero-order valence-corrected chi connectivity index (χ0v) is 15.8. The molecule has 1 atom stereocenters. The molecule has 140 valence electrons. The van der Waals surface area contributed by atoms with Crippen molar-refractivity contribution in [1.29, 1.82) is 0 Å². The van der Waals surface area contributed by atoms with Crippen LogP contribution in [0.3, 0.4) is 0 Å². The van der Waals surface area contributed by atoms with Gasteiger partial charge in [-0.25, -0.2) is 0 Å². The van der Waals surface area contributed by atoms with Gasteiger partial charge < -0.3 is 13.9 Å². The van der Waals surface area contributed by atoms with Crippen LogP contribution in [0, 0.1) is 0 Å². The van der Waals surface area contributed by atoms with Crippen molar-refractivity contribution in [2.75, 3.05) is 13.1 Å². The highest BCUT2D eigenvalue weighted by Gasteiger charge is 2.29. The average molecular weight is 382 g/mol. The van der Waals surface area contributed by atoms with E-state index < -0.39 is 0 Å². The van der Waals surface area contributed by atoms with Gasteiger partial charge in [-0.05, 0) is 37.0 Å². The predicted molar refractivity (Wildman–Crippen MR) is 103 cm³/mol. The van der Waals surface area contributed by atoms with Crippen LogP contribution in [0.4, 0.5) is 0 Å². The van der Waals surface area contributed by atoms with Gasteiger partial charge in [-0.15, -0.1) is 10.2 Å². The number of carbonyl (C=O) groups is 1. The third-order valence-electron chi connectivity index (χ3n) is 4.70. The molecule has 1 aliphatic heterocycles. The van der Waals surface area contributed by atoms with Crippen LogP contribution in [0.1, 0.15) is 35.8 Å². The topological polar surface area (TPSA) is 64.2 Å². The van der Waals surface area contributed by atoms with Crippen LogP contribution in [0.2, 0.25) is 0 Å². The SMILES string of the molecule is O=C([C@H](Sc1nncn1Cc1ccco1)c1ccccc1)N1CCCCC1. The zero-order valence-electron chi connectivity index (χ0n) is 15.0. The minimum Gasteiger partial charge on any atom is -0.467 e. The molecule has 4 rings (SSSR count). The van der Waals surface area contributed by atoms with Gasteiger partial charge in [0.05, 0.1) is 12.8 Å². The summed E-state index contributed by atoms with van der Waals surface area (Å²) in [4.78, 5) is 15.3. The fourth-order valence-electron chi connectivity index (χ4n) is 3.29. The standard InChI is InChI=1S/C20H22N4O2S/c25-19(23-11-5-2-6-12-23)18(16-8-3-1-4-9-16)27-20-22-21-15-24(20)14-17-10-7-13-26-17/h1,3-4,7-10,13,15,18H,2,5-6,11-12,14H2/t18-/m1/s1. The van der Waals surface area contributed by atoms with E-state index in [2.05, 4.69) is 10.2 Å². The molecular weight excluding hydrogens is 360 g/mol. The number of hydrogen-bond acceptors (Lipinski definition) is 5. The first-order chi connectivity index (χ1) is 13.3. The number of furan rings is 1. The number of hydrogen-bond donors (Lipinski definition) is 0.